The molecule has 0 saturated carbocycles. The molecular formula is C22H29N3O2. The molecule has 2 saturated heterocycles. The largest absolute Gasteiger partial charge is 0.336 e. The first-order valence-electron chi connectivity index (χ1n) is 10.3. The maximum atomic E-state index is 13.4. The van der Waals surface area contributed by atoms with Crippen LogP contribution in [-0.2, 0) is 7.05 Å². The molecule has 2 aromatic rings. The van der Waals surface area contributed by atoms with Crippen LogP contribution in [0.25, 0.3) is 10.9 Å². The molecule has 1 aromatic heterocycles. The Labute approximate surface area is 160 Å². The molecule has 5 heteroatoms. The molecule has 1 unspecified atom stereocenters. The first kappa shape index (κ1) is 18.2. The number of aromatic nitrogens is 1. The number of para-hydroxylation sites is 1. The number of carbonyl (C=O) groups is 1. The molecule has 1 aromatic carbocycles. The standard InChI is InChI=1S/C22H29N3O2/c1-23-20-10-3-2-9-18(20)19(16-21(23)26)22(27)25-14-5-4-8-17(25)11-15-24-12-6-7-13-24/h2-3,9-10,16-17H,4-8,11-15H2,1H3. The SMILES string of the molecule is Cn1c(=O)cc(C(=O)N2CCCCC2CCN2CCCC2)c2ccccc21. The number of carbonyl (C=O) groups excluding carboxylic acids is 1. The van der Waals surface area contributed by atoms with Crippen molar-refractivity contribution in [2.45, 2.75) is 44.6 Å². The highest BCUT2D eigenvalue weighted by Gasteiger charge is 2.29. The number of rotatable bonds is 4. The summed E-state index contributed by atoms with van der Waals surface area (Å²) in [7, 11) is 1.76. The number of hydrogen-bond donors (Lipinski definition) is 0. The van der Waals surface area contributed by atoms with Gasteiger partial charge in [0.25, 0.3) is 11.5 Å². The molecular weight excluding hydrogens is 338 g/mol. The number of benzene rings is 1. The fraction of sp³-hybridized carbons (Fsp3) is 0.545. The summed E-state index contributed by atoms with van der Waals surface area (Å²) in [5.41, 5.74) is 1.25. The van der Waals surface area contributed by atoms with Gasteiger partial charge in [0.15, 0.2) is 0 Å². The lowest BCUT2D eigenvalue weighted by Gasteiger charge is -2.37. The van der Waals surface area contributed by atoms with E-state index in [0.717, 1.165) is 43.3 Å². The van der Waals surface area contributed by atoms with Gasteiger partial charge >= 0.3 is 0 Å². The van der Waals surface area contributed by atoms with Crippen molar-refractivity contribution in [3.05, 3.63) is 46.2 Å². The van der Waals surface area contributed by atoms with Crippen molar-refractivity contribution in [2.24, 2.45) is 7.05 Å². The lowest BCUT2D eigenvalue weighted by atomic mass is 9.97. The van der Waals surface area contributed by atoms with Gasteiger partial charge in [0.05, 0.1) is 11.1 Å². The number of likely N-dealkylation sites (tertiary alicyclic amines) is 2. The molecule has 0 aliphatic carbocycles. The van der Waals surface area contributed by atoms with Crippen LogP contribution in [0.3, 0.4) is 0 Å². The van der Waals surface area contributed by atoms with Crippen molar-refractivity contribution >= 4 is 16.8 Å². The molecule has 1 atom stereocenters. The van der Waals surface area contributed by atoms with Gasteiger partial charge in [-0.15, -0.1) is 0 Å². The van der Waals surface area contributed by atoms with Crippen molar-refractivity contribution in [3.8, 4) is 0 Å². The van der Waals surface area contributed by atoms with Gasteiger partial charge in [-0.2, -0.15) is 0 Å². The van der Waals surface area contributed by atoms with E-state index in [1.807, 2.05) is 29.2 Å². The Balaban J connectivity index is 1.61. The molecule has 2 fully saturated rings. The predicted molar refractivity (Wildman–Crippen MR) is 108 cm³/mol. The molecule has 5 nitrogen and oxygen atoms in total. The molecule has 27 heavy (non-hydrogen) atoms. The van der Waals surface area contributed by atoms with Crippen LogP contribution in [0.2, 0.25) is 0 Å². The van der Waals surface area contributed by atoms with E-state index in [1.54, 1.807) is 11.6 Å². The van der Waals surface area contributed by atoms with Crippen molar-refractivity contribution in [1.82, 2.24) is 14.4 Å². The summed E-state index contributed by atoms with van der Waals surface area (Å²) in [6, 6.07) is 9.52. The number of piperidine rings is 1. The average molecular weight is 367 g/mol. The number of nitrogens with zero attached hydrogens (tertiary/aromatic N) is 3. The van der Waals surface area contributed by atoms with E-state index in [0.29, 0.717) is 5.56 Å². The molecule has 0 bridgehead atoms. The second kappa shape index (κ2) is 7.85. The van der Waals surface area contributed by atoms with Gasteiger partial charge in [-0.05, 0) is 57.7 Å². The van der Waals surface area contributed by atoms with E-state index in [4.69, 9.17) is 0 Å². The highest BCUT2D eigenvalue weighted by Crippen LogP contribution is 2.25. The highest BCUT2D eigenvalue weighted by molar-refractivity contribution is 6.06. The van der Waals surface area contributed by atoms with Gasteiger partial charge in [-0.3, -0.25) is 9.59 Å². The monoisotopic (exact) mass is 367 g/mol. The summed E-state index contributed by atoms with van der Waals surface area (Å²) in [6.45, 7) is 4.26. The Morgan fingerprint density at radius 3 is 2.63 bits per heavy atom. The Morgan fingerprint density at radius 2 is 1.81 bits per heavy atom. The van der Waals surface area contributed by atoms with E-state index in [9.17, 15) is 9.59 Å². The van der Waals surface area contributed by atoms with Gasteiger partial charge in [0.1, 0.15) is 0 Å². The minimum atomic E-state index is -0.123. The third-order valence-electron chi connectivity index (χ3n) is 6.25. The maximum Gasteiger partial charge on any atom is 0.254 e. The van der Waals surface area contributed by atoms with Crippen molar-refractivity contribution in [3.63, 3.8) is 0 Å². The number of fused-ring (bicyclic) bond motifs is 1. The highest BCUT2D eigenvalue weighted by atomic mass is 16.2. The average Bonchev–Trinajstić information content (AvgIpc) is 3.22. The van der Waals surface area contributed by atoms with Gasteiger partial charge in [0, 0.05) is 37.6 Å². The predicted octanol–water partition coefficient (Wildman–Crippen LogP) is 3.02. The van der Waals surface area contributed by atoms with E-state index in [2.05, 4.69) is 4.90 Å². The molecule has 0 N–H and O–H groups in total. The number of hydrogen-bond acceptors (Lipinski definition) is 3. The lowest BCUT2D eigenvalue weighted by Crippen LogP contribution is -2.45. The summed E-state index contributed by atoms with van der Waals surface area (Å²) in [4.78, 5) is 30.4. The first-order chi connectivity index (χ1) is 13.1. The van der Waals surface area contributed by atoms with Crippen LogP contribution < -0.4 is 5.56 Å². The molecule has 4 rings (SSSR count). The van der Waals surface area contributed by atoms with Crippen molar-refractivity contribution in [2.75, 3.05) is 26.2 Å². The van der Waals surface area contributed by atoms with E-state index >= 15 is 0 Å². The van der Waals surface area contributed by atoms with Gasteiger partial charge in [0.2, 0.25) is 0 Å². The van der Waals surface area contributed by atoms with Crippen LogP contribution in [0, 0.1) is 0 Å². The minimum absolute atomic E-state index is 0.0232. The molecule has 2 aliphatic rings. The Kier molecular flexibility index (Phi) is 5.30. The summed E-state index contributed by atoms with van der Waals surface area (Å²) in [6.07, 6.45) is 6.94. The summed E-state index contributed by atoms with van der Waals surface area (Å²) < 4.78 is 1.62. The molecule has 1 amide bonds. The van der Waals surface area contributed by atoms with Gasteiger partial charge < -0.3 is 14.4 Å². The van der Waals surface area contributed by atoms with Crippen LogP contribution in [0.4, 0.5) is 0 Å². The first-order valence-corrected chi connectivity index (χ1v) is 10.3. The number of aryl methyl sites for hydroxylation is 1. The zero-order chi connectivity index (χ0) is 18.8. The summed E-state index contributed by atoms with van der Waals surface area (Å²) in [5.74, 6) is 0.0232. The second-order valence-electron chi connectivity index (χ2n) is 7.96. The fourth-order valence-electron chi connectivity index (χ4n) is 4.65. The zero-order valence-electron chi connectivity index (χ0n) is 16.2. The Hall–Kier alpha value is -2.14. The Morgan fingerprint density at radius 1 is 1.07 bits per heavy atom. The zero-order valence-corrected chi connectivity index (χ0v) is 16.2. The van der Waals surface area contributed by atoms with Crippen molar-refractivity contribution in [1.29, 1.82) is 0 Å². The third kappa shape index (κ3) is 3.65. The van der Waals surface area contributed by atoms with E-state index in [-0.39, 0.29) is 17.5 Å². The normalized spacial score (nSPS) is 21.1. The quantitative estimate of drug-likeness (QED) is 0.834. The van der Waals surface area contributed by atoms with Crippen LogP contribution in [-0.4, -0.2) is 52.5 Å². The van der Waals surface area contributed by atoms with Crippen molar-refractivity contribution < 1.29 is 4.79 Å². The summed E-state index contributed by atoms with van der Waals surface area (Å²) >= 11 is 0. The van der Waals surface area contributed by atoms with Crippen LogP contribution >= 0.6 is 0 Å². The molecule has 2 aliphatic heterocycles. The topological polar surface area (TPSA) is 45.6 Å². The van der Waals surface area contributed by atoms with Crippen LogP contribution in [0.15, 0.2) is 35.1 Å². The molecule has 0 spiro atoms. The number of pyridine rings is 1. The molecule has 0 radical (unpaired) electrons. The van der Waals surface area contributed by atoms with E-state index < -0.39 is 0 Å². The third-order valence-corrected chi connectivity index (χ3v) is 6.25. The van der Waals surface area contributed by atoms with Crippen LogP contribution in [0.5, 0.6) is 0 Å². The Bertz CT molecular complexity index is 883. The van der Waals surface area contributed by atoms with E-state index in [1.165, 1.54) is 38.4 Å². The molecule has 3 heterocycles. The maximum absolute atomic E-state index is 13.4. The summed E-state index contributed by atoms with van der Waals surface area (Å²) in [5, 5.41) is 0.869. The fourth-order valence-corrected chi connectivity index (χ4v) is 4.65. The van der Waals surface area contributed by atoms with Gasteiger partial charge in [-0.25, -0.2) is 0 Å². The lowest BCUT2D eigenvalue weighted by molar-refractivity contribution is 0.0589. The second-order valence-corrected chi connectivity index (χ2v) is 7.96. The van der Waals surface area contributed by atoms with Crippen LogP contribution in [0.1, 0.15) is 48.9 Å². The number of amides is 1. The molecule has 144 valence electrons. The minimum Gasteiger partial charge on any atom is -0.336 e. The smallest absolute Gasteiger partial charge is 0.254 e. The van der Waals surface area contributed by atoms with Gasteiger partial charge in [-0.1, -0.05) is 18.2 Å².